The molecule has 0 aliphatic rings. The number of carbonyl (C=O) groups excluding carboxylic acids is 1. The summed E-state index contributed by atoms with van der Waals surface area (Å²) in [6, 6.07) is 6.99. The van der Waals surface area contributed by atoms with Gasteiger partial charge in [0.1, 0.15) is 5.52 Å². The molecule has 7 nitrogen and oxygen atoms in total. The Morgan fingerprint density at radius 2 is 2.18 bits per heavy atom. The predicted molar refractivity (Wildman–Crippen MR) is 82.3 cm³/mol. The highest BCUT2D eigenvalue weighted by Gasteiger charge is 2.07. The molecule has 2 aromatic heterocycles. The molecule has 0 fully saturated rings. The second-order valence-electron chi connectivity index (χ2n) is 4.69. The van der Waals surface area contributed by atoms with Gasteiger partial charge in [-0.15, -0.1) is 16.4 Å². The highest BCUT2D eigenvalue weighted by molar-refractivity contribution is 7.07. The number of fused-ring (bicyclic) bond motifs is 1. The van der Waals surface area contributed by atoms with Crippen LogP contribution < -0.4 is 10.4 Å². The van der Waals surface area contributed by atoms with Crippen molar-refractivity contribution in [1.82, 2.24) is 19.6 Å². The monoisotopic (exact) mass is 315 g/mol. The van der Waals surface area contributed by atoms with Gasteiger partial charge in [0.05, 0.1) is 11.9 Å². The summed E-state index contributed by atoms with van der Waals surface area (Å²) >= 11 is 1.38. The molecule has 0 aliphatic carbocycles. The fraction of sp³-hybridized carbons (Fsp3) is 0.214. The summed E-state index contributed by atoms with van der Waals surface area (Å²) in [5.41, 5.74) is 0.297. The lowest BCUT2D eigenvalue weighted by Crippen LogP contribution is -2.25. The van der Waals surface area contributed by atoms with Gasteiger partial charge in [0.25, 0.3) is 5.56 Å². The minimum atomic E-state index is -0.292. The molecule has 1 aromatic carbocycles. The number of aromatic nitrogens is 4. The van der Waals surface area contributed by atoms with Gasteiger partial charge in [0, 0.05) is 25.0 Å². The molecule has 22 heavy (non-hydrogen) atoms. The van der Waals surface area contributed by atoms with Crippen molar-refractivity contribution in [2.45, 2.75) is 13.0 Å². The predicted octanol–water partition coefficient (Wildman–Crippen LogP) is 0.709. The van der Waals surface area contributed by atoms with Crippen LogP contribution in [0.1, 0.15) is 6.42 Å². The normalized spacial score (nSPS) is 12.0. The molecule has 0 unspecified atom stereocenters. The van der Waals surface area contributed by atoms with E-state index in [4.69, 9.17) is 0 Å². The Hall–Kier alpha value is -2.61. The molecule has 1 amide bonds. The lowest BCUT2D eigenvalue weighted by Gasteiger charge is -2.02. The number of amides is 1. The summed E-state index contributed by atoms with van der Waals surface area (Å²) in [5, 5.41) is 10.2. The fourth-order valence-corrected chi connectivity index (χ4v) is 2.72. The third kappa shape index (κ3) is 2.86. The summed E-state index contributed by atoms with van der Waals surface area (Å²) in [4.78, 5) is 28.7. The van der Waals surface area contributed by atoms with Crippen LogP contribution in [-0.2, 0) is 18.4 Å². The summed E-state index contributed by atoms with van der Waals surface area (Å²) in [6.45, 7) is 0.161. The van der Waals surface area contributed by atoms with Crippen molar-refractivity contribution in [2.75, 3.05) is 0 Å². The first-order chi connectivity index (χ1) is 10.6. The molecular weight excluding hydrogens is 302 g/mol. The quantitative estimate of drug-likeness (QED) is 0.713. The molecule has 0 aliphatic heterocycles. The van der Waals surface area contributed by atoms with Crippen LogP contribution >= 0.6 is 11.3 Å². The second-order valence-corrected chi connectivity index (χ2v) is 5.56. The highest BCUT2D eigenvalue weighted by atomic mass is 32.1. The summed E-state index contributed by atoms with van der Waals surface area (Å²) in [5.74, 6) is -0.292. The van der Waals surface area contributed by atoms with Gasteiger partial charge in [0.15, 0.2) is 4.80 Å². The molecule has 112 valence electrons. The molecular formula is C14H13N5O2S. The van der Waals surface area contributed by atoms with E-state index in [1.54, 1.807) is 28.8 Å². The molecule has 0 saturated carbocycles. The van der Waals surface area contributed by atoms with Crippen LogP contribution in [0.25, 0.3) is 10.9 Å². The topological polar surface area (TPSA) is 82.1 Å². The average Bonchev–Trinajstić information content (AvgIpc) is 2.92. The van der Waals surface area contributed by atoms with Crippen LogP contribution in [0.2, 0.25) is 0 Å². The van der Waals surface area contributed by atoms with Gasteiger partial charge in [-0.05, 0) is 12.1 Å². The molecule has 0 N–H and O–H groups in total. The SMILES string of the molecule is Cn1ccsc1=NC(=O)CCn1nnc2ccccc2c1=O. The van der Waals surface area contributed by atoms with Gasteiger partial charge >= 0.3 is 0 Å². The van der Waals surface area contributed by atoms with Gasteiger partial charge in [-0.25, -0.2) is 4.68 Å². The Labute approximate surface area is 129 Å². The van der Waals surface area contributed by atoms with Gasteiger partial charge in [-0.1, -0.05) is 17.3 Å². The Morgan fingerprint density at radius 1 is 1.36 bits per heavy atom. The smallest absolute Gasteiger partial charge is 0.277 e. The maximum Gasteiger partial charge on any atom is 0.277 e. The van der Waals surface area contributed by atoms with Crippen molar-refractivity contribution in [3.05, 3.63) is 51.0 Å². The number of aryl methyl sites for hydroxylation is 2. The van der Waals surface area contributed by atoms with E-state index in [0.29, 0.717) is 15.7 Å². The highest BCUT2D eigenvalue weighted by Crippen LogP contribution is 2.03. The van der Waals surface area contributed by atoms with Gasteiger partial charge in [-0.3, -0.25) is 9.59 Å². The standard InChI is InChI=1S/C14H13N5O2S/c1-18-8-9-22-14(18)15-12(20)6-7-19-13(21)10-4-2-3-5-11(10)16-17-19/h2-5,8-9H,6-7H2,1H3. The minimum Gasteiger partial charge on any atom is -0.327 e. The van der Waals surface area contributed by atoms with Crippen molar-refractivity contribution in [3.8, 4) is 0 Å². The summed E-state index contributed by atoms with van der Waals surface area (Å²) < 4.78 is 2.97. The molecule has 0 radical (unpaired) electrons. The summed E-state index contributed by atoms with van der Waals surface area (Å²) in [7, 11) is 1.82. The first kappa shape index (κ1) is 14.3. The Morgan fingerprint density at radius 3 is 2.95 bits per heavy atom. The van der Waals surface area contributed by atoms with Crippen LogP contribution in [0.15, 0.2) is 45.6 Å². The van der Waals surface area contributed by atoms with Crippen LogP contribution in [0.5, 0.6) is 0 Å². The largest absolute Gasteiger partial charge is 0.327 e. The lowest BCUT2D eigenvalue weighted by molar-refractivity contribution is -0.118. The van der Waals surface area contributed by atoms with Crippen LogP contribution in [0.4, 0.5) is 0 Å². The molecule has 8 heteroatoms. The molecule has 2 heterocycles. The van der Waals surface area contributed by atoms with Crippen molar-refractivity contribution >= 4 is 28.1 Å². The van der Waals surface area contributed by atoms with Crippen LogP contribution in [0, 0.1) is 0 Å². The van der Waals surface area contributed by atoms with Crippen molar-refractivity contribution < 1.29 is 4.79 Å². The molecule has 0 bridgehead atoms. The van der Waals surface area contributed by atoms with E-state index in [1.807, 2.05) is 18.6 Å². The zero-order valence-corrected chi connectivity index (χ0v) is 12.7. The van der Waals surface area contributed by atoms with Crippen molar-refractivity contribution in [1.29, 1.82) is 0 Å². The van der Waals surface area contributed by atoms with Crippen LogP contribution in [0.3, 0.4) is 0 Å². The first-order valence-electron chi connectivity index (χ1n) is 6.65. The molecule has 3 rings (SSSR count). The zero-order valence-electron chi connectivity index (χ0n) is 11.8. The first-order valence-corrected chi connectivity index (χ1v) is 7.53. The Kier molecular flexibility index (Phi) is 3.92. The summed E-state index contributed by atoms with van der Waals surface area (Å²) in [6.07, 6.45) is 1.93. The zero-order chi connectivity index (χ0) is 15.5. The maximum absolute atomic E-state index is 12.2. The third-order valence-corrected chi connectivity index (χ3v) is 3.99. The fourth-order valence-electron chi connectivity index (χ4n) is 1.97. The Bertz CT molecular complexity index is 953. The van der Waals surface area contributed by atoms with Gasteiger partial charge in [0.2, 0.25) is 5.91 Å². The number of nitrogens with zero attached hydrogens (tertiary/aromatic N) is 5. The number of benzene rings is 1. The minimum absolute atomic E-state index is 0.102. The second kappa shape index (κ2) is 6.02. The maximum atomic E-state index is 12.2. The van der Waals surface area contributed by atoms with E-state index in [1.165, 1.54) is 16.0 Å². The lowest BCUT2D eigenvalue weighted by atomic mass is 10.2. The van der Waals surface area contributed by atoms with Crippen LogP contribution in [-0.4, -0.2) is 25.5 Å². The van der Waals surface area contributed by atoms with Gasteiger partial charge in [-0.2, -0.15) is 4.99 Å². The average molecular weight is 315 g/mol. The van der Waals surface area contributed by atoms with E-state index in [9.17, 15) is 9.59 Å². The van der Waals surface area contributed by atoms with E-state index < -0.39 is 0 Å². The number of hydrogen-bond acceptors (Lipinski definition) is 5. The molecule has 0 saturated heterocycles. The third-order valence-electron chi connectivity index (χ3n) is 3.15. The van der Waals surface area contributed by atoms with E-state index in [-0.39, 0.29) is 24.4 Å². The number of carbonyl (C=O) groups is 1. The number of hydrogen-bond donors (Lipinski definition) is 0. The molecule has 3 aromatic rings. The van der Waals surface area contributed by atoms with Crippen molar-refractivity contribution in [3.63, 3.8) is 0 Å². The van der Waals surface area contributed by atoms with E-state index in [0.717, 1.165) is 0 Å². The van der Waals surface area contributed by atoms with Gasteiger partial charge < -0.3 is 4.57 Å². The van der Waals surface area contributed by atoms with E-state index in [2.05, 4.69) is 15.3 Å². The van der Waals surface area contributed by atoms with E-state index >= 15 is 0 Å². The Balaban J connectivity index is 1.80. The molecule has 0 spiro atoms. The van der Waals surface area contributed by atoms with Crippen molar-refractivity contribution in [2.24, 2.45) is 12.0 Å². The number of thiazole rings is 1. The number of rotatable bonds is 3. The molecule has 0 atom stereocenters.